The highest BCUT2D eigenvalue weighted by atomic mass is 32.1. The van der Waals surface area contributed by atoms with E-state index in [1.807, 2.05) is 17.4 Å². The molecule has 0 atom stereocenters. The Balaban J connectivity index is 1.70. The molecule has 1 saturated heterocycles. The molecule has 0 saturated carbocycles. The first-order valence-electron chi connectivity index (χ1n) is 6.98. The Morgan fingerprint density at radius 3 is 2.95 bits per heavy atom. The number of anilines is 1. The van der Waals surface area contributed by atoms with Gasteiger partial charge in [-0.2, -0.15) is 0 Å². The number of aromatic nitrogens is 1. The number of piperazine rings is 1. The van der Waals surface area contributed by atoms with Gasteiger partial charge in [0.05, 0.1) is 12.8 Å². The number of rotatable bonds is 2. The molecule has 0 amide bonds. The van der Waals surface area contributed by atoms with Crippen molar-refractivity contribution in [2.45, 2.75) is 6.42 Å². The Kier molecular flexibility index (Phi) is 2.89. The fourth-order valence-corrected chi connectivity index (χ4v) is 4.04. The van der Waals surface area contributed by atoms with Crippen LogP contribution in [0.2, 0.25) is 0 Å². The zero-order valence-electron chi connectivity index (χ0n) is 11.5. The van der Waals surface area contributed by atoms with Crippen molar-refractivity contribution in [2.24, 2.45) is 0 Å². The Bertz CT molecular complexity index is 647. The molecule has 4 rings (SSSR count). The van der Waals surface area contributed by atoms with E-state index in [0.29, 0.717) is 0 Å². The number of hydrogen-bond donors (Lipinski definition) is 1. The van der Waals surface area contributed by atoms with Gasteiger partial charge in [-0.15, -0.1) is 11.3 Å². The molecule has 1 aromatic heterocycles. The monoisotopic (exact) mass is 287 g/mol. The molecular formula is C15H17N3OS. The zero-order chi connectivity index (χ0) is 13.5. The van der Waals surface area contributed by atoms with Gasteiger partial charge in [-0.3, -0.25) is 0 Å². The van der Waals surface area contributed by atoms with Crippen LogP contribution in [0.5, 0.6) is 5.75 Å². The van der Waals surface area contributed by atoms with E-state index in [2.05, 4.69) is 22.3 Å². The lowest BCUT2D eigenvalue weighted by atomic mass is 10.1. The van der Waals surface area contributed by atoms with Gasteiger partial charge in [0.25, 0.3) is 0 Å². The molecule has 1 aliphatic heterocycles. The summed E-state index contributed by atoms with van der Waals surface area (Å²) >= 11 is 1.84. The number of benzene rings is 1. The molecular weight excluding hydrogens is 270 g/mol. The molecule has 20 heavy (non-hydrogen) atoms. The van der Waals surface area contributed by atoms with Crippen molar-refractivity contribution in [3.63, 3.8) is 0 Å². The van der Waals surface area contributed by atoms with Gasteiger partial charge >= 0.3 is 0 Å². The summed E-state index contributed by atoms with van der Waals surface area (Å²) in [7, 11) is 1.71. The van der Waals surface area contributed by atoms with Crippen LogP contribution in [0.3, 0.4) is 0 Å². The smallest absolute Gasteiger partial charge is 0.186 e. The largest absolute Gasteiger partial charge is 0.497 e. The van der Waals surface area contributed by atoms with Crippen molar-refractivity contribution in [1.29, 1.82) is 0 Å². The molecule has 2 aromatic rings. The maximum atomic E-state index is 5.33. The first kappa shape index (κ1) is 12.2. The van der Waals surface area contributed by atoms with Crippen molar-refractivity contribution in [3.05, 3.63) is 28.6 Å². The summed E-state index contributed by atoms with van der Waals surface area (Å²) in [6.45, 7) is 4.21. The summed E-state index contributed by atoms with van der Waals surface area (Å²) in [5, 5.41) is 4.55. The highest BCUT2D eigenvalue weighted by Crippen LogP contribution is 2.43. The average molecular weight is 287 g/mol. The van der Waals surface area contributed by atoms with Crippen LogP contribution < -0.4 is 15.0 Å². The van der Waals surface area contributed by atoms with E-state index in [9.17, 15) is 0 Å². The van der Waals surface area contributed by atoms with Gasteiger partial charge in [-0.25, -0.2) is 4.98 Å². The number of ether oxygens (including phenoxy) is 1. The number of thiazole rings is 1. The maximum absolute atomic E-state index is 5.33. The Morgan fingerprint density at radius 1 is 1.30 bits per heavy atom. The lowest BCUT2D eigenvalue weighted by molar-refractivity contribution is 0.415. The van der Waals surface area contributed by atoms with Crippen molar-refractivity contribution in [1.82, 2.24) is 10.3 Å². The first-order valence-corrected chi connectivity index (χ1v) is 7.79. The molecule has 1 aromatic carbocycles. The van der Waals surface area contributed by atoms with Crippen LogP contribution in [0.15, 0.2) is 18.2 Å². The van der Waals surface area contributed by atoms with E-state index in [1.165, 1.54) is 21.1 Å². The third kappa shape index (κ3) is 1.89. The fraction of sp³-hybridized carbons (Fsp3) is 0.400. The summed E-state index contributed by atoms with van der Waals surface area (Å²) in [4.78, 5) is 8.67. The van der Waals surface area contributed by atoms with E-state index in [4.69, 9.17) is 9.72 Å². The van der Waals surface area contributed by atoms with E-state index in [0.717, 1.165) is 44.0 Å². The molecule has 4 nitrogen and oxygen atoms in total. The van der Waals surface area contributed by atoms with Gasteiger partial charge in [0, 0.05) is 43.0 Å². The minimum absolute atomic E-state index is 0.910. The topological polar surface area (TPSA) is 37.4 Å². The summed E-state index contributed by atoms with van der Waals surface area (Å²) in [6.07, 6.45) is 1.01. The highest BCUT2D eigenvalue weighted by Gasteiger charge is 2.26. The van der Waals surface area contributed by atoms with Crippen LogP contribution in [0.25, 0.3) is 11.3 Å². The van der Waals surface area contributed by atoms with Crippen LogP contribution in [0, 0.1) is 0 Å². The van der Waals surface area contributed by atoms with Gasteiger partial charge in [-0.05, 0) is 17.7 Å². The number of methoxy groups -OCH3 is 1. The minimum Gasteiger partial charge on any atom is -0.497 e. The third-order valence-corrected chi connectivity index (χ3v) is 5.11. The number of hydrogen-bond acceptors (Lipinski definition) is 5. The second-order valence-electron chi connectivity index (χ2n) is 5.21. The lowest BCUT2D eigenvalue weighted by Gasteiger charge is -2.26. The number of fused-ring (bicyclic) bond motifs is 3. The molecule has 1 fully saturated rings. The van der Waals surface area contributed by atoms with Crippen LogP contribution in [-0.4, -0.2) is 38.3 Å². The highest BCUT2D eigenvalue weighted by molar-refractivity contribution is 7.16. The molecule has 2 heterocycles. The van der Waals surface area contributed by atoms with Gasteiger partial charge in [-0.1, -0.05) is 6.07 Å². The zero-order valence-corrected chi connectivity index (χ0v) is 12.3. The molecule has 0 spiro atoms. The molecule has 5 heteroatoms. The second-order valence-corrected chi connectivity index (χ2v) is 6.27. The lowest BCUT2D eigenvalue weighted by Crippen LogP contribution is -2.43. The number of nitrogens with zero attached hydrogens (tertiary/aromatic N) is 2. The van der Waals surface area contributed by atoms with Crippen LogP contribution in [-0.2, 0) is 6.42 Å². The van der Waals surface area contributed by atoms with Gasteiger partial charge in [0.2, 0.25) is 0 Å². The fourth-order valence-electron chi connectivity index (χ4n) is 2.89. The summed E-state index contributed by atoms with van der Waals surface area (Å²) < 4.78 is 5.33. The van der Waals surface area contributed by atoms with Crippen LogP contribution in [0.4, 0.5) is 5.13 Å². The summed E-state index contributed by atoms with van der Waals surface area (Å²) in [6, 6.07) is 6.31. The Labute approximate surface area is 122 Å². The molecule has 0 radical (unpaired) electrons. The molecule has 0 bridgehead atoms. The minimum atomic E-state index is 0.910. The standard InChI is InChI=1S/C15H17N3OS/c1-19-11-3-2-10-8-13-14(12(10)9-11)17-15(20-13)18-6-4-16-5-7-18/h2-3,9,16H,4-8H2,1H3. The molecule has 1 aliphatic carbocycles. The third-order valence-electron chi connectivity index (χ3n) is 4.00. The van der Waals surface area contributed by atoms with Crippen molar-refractivity contribution in [2.75, 3.05) is 38.2 Å². The predicted octanol–water partition coefficient (Wildman–Crippen LogP) is 2.13. The average Bonchev–Trinajstić information content (AvgIpc) is 3.05. The molecule has 1 N–H and O–H groups in total. The Morgan fingerprint density at radius 2 is 2.15 bits per heavy atom. The summed E-state index contributed by atoms with van der Waals surface area (Å²) in [5.74, 6) is 0.910. The Hall–Kier alpha value is -1.59. The van der Waals surface area contributed by atoms with Gasteiger partial charge in [0.15, 0.2) is 5.13 Å². The van der Waals surface area contributed by atoms with Gasteiger partial charge in [0.1, 0.15) is 5.75 Å². The van der Waals surface area contributed by atoms with E-state index in [1.54, 1.807) is 7.11 Å². The second kappa shape index (κ2) is 4.75. The predicted molar refractivity (Wildman–Crippen MR) is 82.0 cm³/mol. The van der Waals surface area contributed by atoms with Crippen molar-refractivity contribution >= 4 is 16.5 Å². The van der Waals surface area contributed by atoms with Crippen molar-refractivity contribution < 1.29 is 4.74 Å². The number of nitrogens with one attached hydrogen (secondary N) is 1. The van der Waals surface area contributed by atoms with E-state index < -0.39 is 0 Å². The van der Waals surface area contributed by atoms with E-state index in [-0.39, 0.29) is 0 Å². The van der Waals surface area contributed by atoms with Gasteiger partial charge < -0.3 is 15.0 Å². The van der Waals surface area contributed by atoms with Crippen LogP contribution >= 0.6 is 11.3 Å². The first-order chi connectivity index (χ1) is 9.85. The normalized spacial score (nSPS) is 16.9. The SMILES string of the molecule is COc1ccc2c(c1)-c1nc(N3CCNCC3)sc1C2. The molecule has 0 unspecified atom stereocenters. The van der Waals surface area contributed by atoms with E-state index >= 15 is 0 Å². The molecule has 2 aliphatic rings. The molecule has 104 valence electrons. The quantitative estimate of drug-likeness (QED) is 0.783. The maximum Gasteiger partial charge on any atom is 0.186 e. The van der Waals surface area contributed by atoms with Crippen LogP contribution in [0.1, 0.15) is 10.4 Å². The van der Waals surface area contributed by atoms with Crippen molar-refractivity contribution in [3.8, 4) is 17.0 Å². The summed E-state index contributed by atoms with van der Waals surface area (Å²) in [5.41, 5.74) is 3.78.